The zero-order chi connectivity index (χ0) is 27.3. The van der Waals surface area contributed by atoms with Crippen LogP contribution in [0.2, 0.25) is 0 Å². The molecular formula is C22H36N4O9. The molecule has 0 aliphatic rings. The van der Waals surface area contributed by atoms with Crippen LogP contribution in [-0.4, -0.2) is 76.2 Å². The van der Waals surface area contributed by atoms with Crippen LogP contribution in [0.25, 0.3) is 0 Å². The quantitative estimate of drug-likeness (QED) is 0.146. The highest BCUT2D eigenvalue weighted by Crippen LogP contribution is 2.11. The van der Waals surface area contributed by atoms with Crippen molar-refractivity contribution in [3.05, 3.63) is 0 Å². The minimum atomic E-state index is -1.34. The van der Waals surface area contributed by atoms with Crippen molar-refractivity contribution in [1.29, 1.82) is 0 Å². The topological polar surface area (TPSA) is 208 Å². The third-order valence-electron chi connectivity index (χ3n) is 5.27. The van der Waals surface area contributed by atoms with Gasteiger partial charge in [-0.15, -0.1) is 0 Å². The van der Waals surface area contributed by atoms with E-state index in [1.165, 1.54) is 6.92 Å². The summed E-state index contributed by atoms with van der Waals surface area (Å²) in [4.78, 5) is 83.1. The zero-order valence-electron chi connectivity index (χ0n) is 20.6. The standard InChI is InChI=1S/C22H36N4O9/c1-6-12(4)19(22(35)24-14(10-27)9-17(31)32)26-20(33)15(7-8-16(29)30)25-21(34)18(11(2)3)23-13(5)28/h10-12,14-15,18-19H,6-9H2,1-5H3,(H,23,28)(H,24,35)(H,25,34)(H,26,33)(H,29,30)(H,31,32)/t12-,14-,15-,18?,19-/m0/s1. The van der Waals surface area contributed by atoms with E-state index in [0.29, 0.717) is 6.42 Å². The number of aldehydes is 1. The van der Waals surface area contributed by atoms with Gasteiger partial charge in [-0.3, -0.25) is 28.8 Å². The number of carboxylic acid groups (broad SMARTS) is 2. The lowest BCUT2D eigenvalue weighted by Crippen LogP contribution is -2.59. The minimum Gasteiger partial charge on any atom is -0.481 e. The van der Waals surface area contributed by atoms with E-state index < -0.39 is 78.5 Å². The van der Waals surface area contributed by atoms with Crippen molar-refractivity contribution in [2.45, 2.75) is 84.5 Å². The summed E-state index contributed by atoms with van der Waals surface area (Å²) in [5.74, 6) is -6.11. The third-order valence-corrected chi connectivity index (χ3v) is 5.27. The summed E-state index contributed by atoms with van der Waals surface area (Å²) in [5, 5.41) is 27.6. The van der Waals surface area contributed by atoms with Crippen LogP contribution in [0.4, 0.5) is 0 Å². The lowest BCUT2D eigenvalue weighted by molar-refractivity contribution is -0.140. The minimum absolute atomic E-state index is 0.269. The molecule has 1 unspecified atom stereocenters. The molecule has 4 amide bonds. The summed E-state index contributed by atoms with van der Waals surface area (Å²) in [6, 6.07) is -4.82. The van der Waals surface area contributed by atoms with Gasteiger partial charge < -0.3 is 36.3 Å². The maximum atomic E-state index is 13.0. The van der Waals surface area contributed by atoms with E-state index in [1.807, 2.05) is 0 Å². The Kier molecular flexibility index (Phi) is 13.9. The average molecular weight is 501 g/mol. The van der Waals surface area contributed by atoms with Crippen LogP contribution in [0.5, 0.6) is 0 Å². The van der Waals surface area contributed by atoms with Gasteiger partial charge in [0.1, 0.15) is 24.4 Å². The van der Waals surface area contributed by atoms with Gasteiger partial charge in [0.2, 0.25) is 23.6 Å². The maximum Gasteiger partial charge on any atom is 0.305 e. The van der Waals surface area contributed by atoms with E-state index in [1.54, 1.807) is 27.7 Å². The van der Waals surface area contributed by atoms with Gasteiger partial charge in [0.05, 0.1) is 12.5 Å². The average Bonchev–Trinajstić information content (AvgIpc) is 2.76. The molecule has 5 atom stereocenters. The smallest absolute Gasteiger partial charge is 0.305 e. The summed E-state index contributed by atoms with van der Waals surface area (Å²) < 4.78 is 0. The molecule has 0 heterocycles. The van der Waals surface area contributed by atoms with Gasteiger partial charge in [-0.1, -0.05) is 34.1 Å². The number of hydrogen-bond acceptors (Lipinski definition) is 7. The second-order valence-corrected chi connectivity index (χ2v) is 8.64. The van der Waals surface area contributed by atoms with Gasteiger partial charge in [-0.25, -0.2) is 0 Å². The highest BCUT2D eigenvalue weighted by molar-refractivity contribution is 5.95. The van der Waals surface area contributed by atoms with Crippen LogP contribution >= 0.6 is 0 Å². The molecular weight excluding hydrogens is 464 g/mol. The molecule has 0 radical (unpaired) electrons. The van der Waals surface area contributed by atoms with E-state index in [0.717, 1.165) is 0 Å². The predicted molar refractivity (Wildman–Crippen MR) is 123 cm³/mol. The van der Waals surface area contributed by atoms with Gasteiger partial charge in [0.25, 0.3) is 0 Å². The molecule has 0 aromatic heterocycles. The van der Waals surface area contributed by atoms with Crippen LogP contribution in [0.15, 0.2) is 0 Å². The molecule has 0 aromatic rings. The van der Waals surface area contributed by atoms with Crippen molar-refractivity contribution in [3.8, 4) is 0 Å². The Balaban J connectivity index is 5.74. The Morgan fingerprint density at radius 1 is 0.800 bits per heavy atom. The number of aliphatic carboxylic acids is 2. The predicted octanol–water partition coefficient (Wildman–Crippen LogP) is -0.814. The van der Waals surface area contributed by atoms with E-state index in [-0.39, 0.29) is 18.6 Å². The van der Waals surface area contributed by atoms with E-state index >= 15 is 0 Å². The Labute approximate surface area is 203 Å². The molecule has 6 N–H and O–H groups in total. The molecule has 0 rings (SSSR count). The van der Waals surface area contributed by atoms with Crippen molar-refractivity contribution in [2.75, 3.05) is 0 Å². The van der Waals surface area contributed by atoms with Crippen molar-refractivity contribution >= 4 is 41.9 Å². The first kappa shape index (κ1) is 31.5. The van der Waals surface area contributed by atoms with Gasteiger partial charge in [-0.05, 0) is 18.3 Å². The molecule has 0 aliphatic carbocycles. The van der Waals surface area contributed by atoms with Crippen molar-refractivity contribution in [2.24, 2.45) is 11.8 Å². The molecule has 0 saturated carbocycles. The van der Waals surface area contributed by atoms with Crippen LogP contribution in [0, 0.1) is 11.8 Å². The first-order chi connectivity index (χ1) is 16.2. The molecule has 0 aromatic carbocycles. The van der Waals surface area contributed by atoms with Gasteiger partial charge in [-0.2, -0.15) is 0 Å². The number of carbonyl (C=O) groups is 7. The third kappa shape index (κ3) is 12.0. The van der Waals surface area contributed by atoms with Crippen molar-refractivity contribution in [3.63, 3.8) is 0 Å². The van der Waals surface area contributed by atoms with E-state index in [9.17, 15) is 33.6 Å². The number of amides is 4. The van der Waals surface area contributed by atoms with Gasteiger partial charge in [0.15, 0.2) is 0 Å². The Morgan fingerprint density at radius 3 is 1.80 bits per heavy atom. The SMILES string of the molecule is CC[C@H](C)[C@H](NC(=O)[C@H](CCC(=O)O)NC(=O)C(NC(C)=O)C(C)C)C(=O)N[C@H](C=O)CC(=O)O. The van der Waals surface area contributed by atoms with E-state index in [4.69, 9.17) is 10.2 Å². The Bertz CT molecular complexity index is 800. The Morgan fingerprint density at radius 2 is 1.37 bits per heavy atom. The van der Waals surface area contributed by atoms with Crippen molar-refractivity contribution < 1.29 is 43.8 Å². The highest BCUT2D eigenvalue weighted by Gasteiger charge is 2.33. The lowest BCUT2D eigenvalue weighted by Gasteiger charge is -2.28. The number of carboxylic acids is 2. The summed E-state index contributed by atoms with van der Waals surface area (Å²) in [5.41, 5.74) is 0. The summed E-state index contributed by atoms with van der Waals surface area (Å²) >= 11 is 0. The van der Waals surface area contributed by atoms with Crippen LogP contribution < -0.4 is 21.3 Å². The highest BCUT2D eigenvalue weighted by atomic mass is 16.4. The number of hydrogen-bond donors (Lipinski definition) is 6. The van der Waals surface area contributed by atoms with Gasteiger partial charge in [0, 0.05) is 13.3 Å². The van der Waals surface area contributed by atoms with Crippen LogP contribution in [-0.2, 0) is 33.6 Å². The molecule has 0 fully saturated rings. The zero-order valence-corrected chi connectivity index (χ0v) is 20.6. The lowest BCUT2D eigenvalue weighted by atomic mass is 9.96. The molecule has 0 saturated heterocycles. The summed E-state index contributed by atoms with van der Waals surface area (Å²) in [7, 11) is 0. The maximum absolute atomic E-state index is 13.0. The van der Waals surface area contributed by atoms with Crippen LogP contribution in [0.1, 0.15) is 60.3 Å². The number of nitrogens with one attached hydrogen (secondary N) is 4. The van der Waals surface area contributed by atoms with Crippen molar-refractivity contribution in [1.82, 2.24) is 21.3 Å². The summed E-state index contributed by atoms with van der Waals surface area (Å²) in [6.07, 6.45) is -0.703. The molecule has 35 heavy (non-hydrogen) atoms. The van der Waals surface area contributed by atoms with Crippen LogP contribution in [0.3, 0.4) is 0 Å². The number of rotatable bonds is 16. The molecule has 13 heteroatoms. The Hall–Kier alpha value is -3.51. The molecule has 0 bridgehead atoms. The molecule has 13 nitrogen and oxygen atoms in total. The molecule has 198 valence electrons. The fourth-order valence-corrected chi connectivity index (χ4v) is 3.10. The first-order valence-corrected chi connectivity index (χ1v) is 11.3. The van der Waals surface area contributed by atoms with Gasteiger partial charge >= 0.3 is 11.9 Å². The summed E-state index contributed by atoms with van der Waals surface area (Å²) in [6.45, 7) is 7.97. The molecule has 0 spiro atoms. The monoisotopic (exact) mass is 500 g/mol. The normalized spacial score (nSPS) is 15.0. The second kappa shape index (κ2) is 15.4. The second-order valence-electron chi connectivity index (χ2n) is 8.64. The number of carbonyl (C=O) groups excluding carboxylic acids is 5. The fraction of sp³-hybridized carbons (Fsp3) is 0.682. The molecule has 0 aliphatic heterocycles. The largest absolute Gasteiger partial charge is 0.481 e. The first-order valence-electron chi connectivity index (χ1n) is 11.3. The fourth-order valence-electron chi connectivity index (χ4n) is 3.10. The van der Waals surface area contributed by atoms with E-state index in [2.05, 4.69) is 21.3 Å².